The highest BCUT2D eigenvalue weighted by Gasteiger charge is 2.29. The number of rotatable bonds is 3. The Kier molecular flexibility index (Phi) is 3.48. The summed E-state index contributed by atoms with van der Waals surface area (Å²) in [6.45, 7) is 0. The smallest absolute Gasteiger partial charge is 0.303 e. The maximum atomic E-state index is 10.9. The van der Waals surface area contributed by atoms with E-state index in [2.05, 4.69) is 6.07 Å². The summed E-state index contributed by atoms with van der Waals surface area (Å²) in [6.07, 6.45) is 6.22. The van der Waals surface area contributed by atoms with Crippen molar-refractivity contribution in [2.75, 3.05) is 0 Å². The molecule has 4 heteroatoms. The van der Waals surface area contributed by atoms with Gasteiger partial charge in [-0.3, -0.25) is 4.79 Å². The molecule has 4 nitrogen and oxygen atoms in total. The van der Waals surface area contributed by atoms with Crippen molar-refractivity contribution in [3.8, 4) is 6.07 Å². The molecule has 0 spiro atoms. The fourth-order valence-corrected chi connectivity index (χ4v) is 2.79. The quantitative estimate of drug-likeness (QED) is 0.870. The second-order valence-electron chi connectivity index (χ2n) is 4.62. The van der Waals surface area contributed by atoms with Crippen molar-refractivity contribution in [2.24, 2.45) is 5.92 Å². The maximum absolute atomic E-state index is 10.9. The van der Waals surface area contributed by atoms with E-state index in [9.17, 15) is 4.79 Å². The van der Waals surface area contributed by atoms with Gasteiger partial charge in [-0.15, -0.1) is 0 Å². The first kappa shape index (κ1) is 11.7. The Labute approximate surface area is 100 Å². The SMILES string of the molecule is N#Cc1cccn1C1CCCCC1CC(=O)O. The van der Waals surface area contributed by atoms with E-state index in [4.69, 9.17) is 10.4 Å². The number of hydrogen-bond donors (Lipinski definition) is 1. The number of carbonyl (C=O) groups is 1. The van der Waals surface area contributed by atoms with Crippen LogP contribution in [0.3, 0.4) is 0 Å². The average molecular weight is 232 g/mol. The summed E-state index contributed by atoms with van der Waals surface area (Å²) >= 11 is 0. The number of nitriles is 1. The predicted octanol–water partition coefficient (Wildman–Crippen LogP) is 2.57. The molecule has 0 aliphatic heterocycles. The molecule has 0 radical (unpaired) electrons. The van der Waals surface area contributed by atoms with E-state index in [1.807, 2.05) is 16.8 Å². The Hall–Kier alpha value is -1.76. The van der Waals surface area contributed by atoms with E-state index in [0.29, 0.717) is 5.69 Å². The molecule has 1 aliphatic carbocycles. The monoisotopic (exact) mass is 232 g/mol. The molecule has 2 unspecified atom stereocenters. The van der Waals surface area contributed by atoms with Gasteiger partial charge < -0.3 is 9.67 Å². The van der Waals surface area contributed by atoms with E-state index in [0.717, 1.165) is 25.7 Å². The number of aliphatic carboxylic acids is 1. The van der Waals surface area contributed by atoms with Crippen LogP contribution in [0.1, 0.15) is 43.8 Å². The van der Waals surface area contributed by atoms with Crippen molar-refractivity contribution in [3.05, 3.63) is 24.0 Å². The number of aromatic nitrogens is 1. The first-order chi connectivity index (χ1) is 8.22. The van der Waals surface area contributed by atoms with Gasteiger partial charge in [-0.05, 0) is 30.9 Å². The molecule has 1 heterocycles. The molecule has 0 saturated heterocycles. The van der Waals surface area contributed by atoms with Gasteiger partial charge in [0.25, 0.3) is 0 Å². The van der Waals surface area contributed by atoms with Gasteiger partial charge in [-0.1, -0.05) is 12.8 Å². The van der Waals surface area contributed by atoms with Gasteiger partial charge in [-0.25, -0.2) is 0 Å². The Morgan fingerprint density at radius 1 is 1.53 bits per heavy atom. The summed E-state index contributed by atoms with van der Waals surface area (Å²) in [7, 11) is 0. The third-order valence-electron chi connectivity index (χ3n) is 3.56. The molecule has 0 amide bonds. The van der Waals surface area contributed by atoms with Gasteiger partial charge in [0.15, 0.2) is 0 Å². The lowest BCUT2D eigenvalue weighted by Gasteiger charge is -2.32. The van der Waals surface area contributed by atoms with Crippen LogP contribution >= 0.6 is 0 Å². The largest absolute Gasteiger partial charge is 0.481 e. The highest BCUT2D eigenvalue weighted by atomic mass is 16.4. The van der Waals surface area contributed by atoms with Gasteiger partial charge in [0, 0.05) is 12.2 Å². The normalized spacial score (nSPS) is 24.2. The molecule has 0 bridgehead atoms. The molecule has 1 N–H and O–H groups in total. The Bertz CT molecular complexity index is 445. The molecule has 2 rings (SSSR count). The molecule has 1 fully saturated rings. The zero-order valence-electron chi connectivity index (χ0n) is 9.67. The minimum absolute atomic E-state index is 0.153. The summed E-state index contributed by atoms with van der Waals surface area (Å²) in [6, 6.07) is 5.97. The lowest BCUT2D eigenvalue weighted by Crippen LogP contribution is -2.25. The Morgan fingerprint density at radius 2 is 2.29 bits per heavy atom. The Morgan fingerprint density at radius 3 is 3.00 bits per heavy atom. The predicted molar refractivity (Wildman–Crippen MR) is 62.4 cm³/mol. The standard InChI is InChI=1S/C13H16N2O2/c14-9-11-5-3-7-15(11)12-6-2-1-4-10(12)8-13(16)17/h3,5,7,10,12H,1-2,4,6,8H2,(H,16,17). The van der Waals surface area contributed by atoms with E-state index >= 15 is 0 Å². The van der Waals surface area contributed by atoms with Crippen LogP contribution in [-0.2, 0) is 4.79 Å². The minimum Gasteiger partial charge on any atom is -0.481 e. The molecule has 1 aliphatic rings. The van der Waals surface area contributed by atoms with Crippen LogP contribution in [0.4, 0.5) is 0 Å². The minimum atomic E-state index is -0.743. The molecule has 2 atom stereocenters. The van der Waals surface area contributed by atoms with Crippen molar-refractivity contribution < 1.29 is 9.90 Å². The second kappa shape index (κ2) is 5.05. The molecule has 1 saturated carbocycles. The molecule has 1 aromatic rings. The summed E-state index contributed by atoms with van der Waals surface area (Å²) in [4.78, 5) is 10.9. The summed E-state index contributed by atoms with van der Waals surface area (Å²) in [5.74, 6) is -0.590. The molecule has 0 aromatic carbocycles. The second-order valence-corrected chi connectivity index (χ2v) is 4.62. The first-order valence-electron chi connectivity index (χ1n) is 6.01. The van der Waals surface area contributed by atoms with Gasteiger partial charge in [0.1, 0.15) is 11.8 Å². The van der Waals surface area contributed by atoms with Gasteiger partial charge in [-0.2, -0.15) is 5.26 Å². The fraction of sp³-hybridized carbons (Fsp3) is 0.538. The van der Waals surface area contributed by atoms with E-state index in [1.54, 1.807) is 6.07 Å². The summed E-state index contributed by atoms with van der Waals surface area (Å²) < 4.78 is 1.95. The van der Waals surface area contributed by atoms with E-state index in [1.165, 1.54) is 0 Å². The Balaban J connectivity index is 2.22. The summed E-state index contributed by atoms with van der Waals surface area (Å²) in [5.41, 5.74) is 0.632. The van der Waals surface area contributed by atoms with E-state index < -0.39 is 5.97 Å². The van der Waals surface area contributed by atoms with Crippen molar-refractivity contribution in [1.82, 2.24) is 4.57 Å². The number of carboxylic acid groups (broad SMARTS) is 1. The lowest BCUT2D eigenvalue weighted by molar-refractivity contribution is -0.138. The zero-order chi connectivity index (χ0) is 12.3. The third-order valence-corrected chi connectivity index (χ3v) is 3.56. The van der Waals surface area contributed by atoms with Crippen molar-refractivity contribution in [2.45, 2.75) is 38.1 Å². The zero-order valence-corrected chi connectivity index (χ0v) is 9.67. The van der Waals surface area contributed by atoms with Gasteiger partial charge in [0.05, 0.1) is 6.42 Å². The van der Waals surface area contributed by atoms with Crippen LogP contribution in [-0.4, -0.2) is 15.6 Å². The summed E-state index contributed by atoms with van der Waals surface area (Å²) in [5, 5.41) is 18.0. The fourth-order valence-electron chi connectivity index (χ4n) is 2.79. The van der Waals surface area contributed by atoms with Crippen LogP contribution in [0.25, 0.3) is 0 Å². The first-order valence-corrected chi connectivity index (χ1v) is 6.01. The van der Waals surface area contributed by atoms with Crippen molar-refractivity contribution in [1.29, 1.82) is 5.26 Å². The third kappa shape index (κ3) is 2.50. The number of nitrogens with zero attached hydrogens (tertiary/aromatic N) is 2. The van der Waals surface area contributed by atoms with Crippen LogP contribution in [0.2, 0.25) is 0 Å². The molecule has 90 valence electrons. The van der Waals surface area contributed by atoms with Crippen LogP contribution in [0.15, 0.2) is 18.3 Å². The molecule has 17 heavy (non-hydrogen) atoms. The topological polar surface area (TPSA) is 66.0 Å². The molecular formula is C13H16N2O2. The van der Waals surface area contributed by atoms with Crippen molar-refractivity contribution in [3.63, 3.8) is 0 Å². The van der Waals surface area contributed by atoms with Crippen LogP contribution < -0.4 is 0 Å². The number of carboxylic acids is 1. The van der Waals surface area contributed by atoms with Crippen LogP contribution in [0, 0.1) is 17.2 Å². The van der Waals surface area contributed by atoms with Gasteiger partial charge >= 0.3 is 5.97 Å². The molecular weight excluding hydrogens is 216 g/mol. The molecule has 1 aromatic heterocycles. The van der Waals surface area contributed by atoms with Gasteiger partial charge in [0.2, 0.25) is 0 Å². The maximum Gasteiger partial charge on any atom is 0.303 e. The highest BCUT2D eigenvalue weighted by molar-refractivity contribution is 5.67. The number of hydrogen-bond acceptors (Lipinski definition) is 2. The average Bonchev–Trinajstić information content (AvgIpc) is 2.77. The van der Waals surface area contributed by atoms with Crippen LogP contribution in [0.5, 0.6) is 0 Å². The van der Waals surface area contributed by atoms with Crippen molar-refractivity contribution >= 4 is 5.97 Å². The lowest BCUT2D eigenvalue weighted by atomic mass is 9.82. The van der Waals surface area contributed by atoms with E-state index in [-0.39, 0.29) is 18.4 Å². The highest BCUT2D eigenvalue weighted by Crippen LogP contribution is 2.36.